The topological polar surface area (TPSA) is 62.7 Å². The van der Waals surface area contributed by atoms with Gasteiger partial charge in [-0.25, -0.2) is 4.98 Å². The van der Waals surface area contributed by atoms with Gasteiger partial charge in [-0.1, -0.05) is 0 Å². The zero-order valence-electron chi connectivity index (χ0n) is 10.9. The van der Waals surface area contributed by atoms with E-state index < -0.39 is 11.7 Å². The van der Waals surface area contributed by atoms with Crippen LogP contribution in [0.5, 0.6) is 0 Å². The maximum Gasteiger partial charge on any atom is 0.421 e. The molecule has 1 saturated carbocycles. The van der Waals surface area contributed by atoms with Crippen LogP contribution in [0.25, 0.3) is 0 Å². The van der Waals surface area contributed by atoms with E-state index in [9.17, 15) is 13.2 Å². The Bertz CT molecular complexity index is 625. The summed E-state index contributed by atoms with van der Waals surface area (Å²) in [7, 11) is 0. The van der Waals surface area contributed by atoms with Gasteiger partial charge in [-0.15, -0.1) is 0 Å². The third-order valence-electron chi connectivity index (χ3n) is 2.93. The van der Waals surface area contributed by atoms with Gasteiger partial charge in [-0.2, -0.15) is 18.2 Å². The molecule has 1 fully saturated rings. The Morgan fingerprint density at radius 1 is 1.19 bits per heavy atom. The highest BCUT2D eigenvalue weighted by atomic mass is 19.4. The summed E-state index contributed by atoms with van der Waals surface area (Å²) >= 11 is 0. The normalized spacial score (nSPS) is 14.8. The maximum absolute atomic E-state index is 12.9. The Morgan fingerprint density at radius 2 is 2.00 bits per heavy atom. The summed E-state index contributed by atoms with van der Waals surface area (Å²) in [6, 6.07) is 3.49. The minimum atomic E-state index is -4.48. The molecule has 8 heteroatoms. The largest absolute Gasteiger partial charge is 0.421 e. The van der Waals surface area contributed by atoms with Crippen molar-refractivity contribution < 1.29 is 13.2 Å². The SMILES string of the molecule is FC(F)(F)c1cnc(Nc2cccnc2)nc1NC1CC1. The second-order valence-corrected chi connectivity index (χ2v) is 4.74. The van der Waals surface area contributed by atoms with Gasteiger partial charge in [0.15, 0.2) is 0 Å². The van der Waals surface area contributed by atoms with Gasteiger partial charge in [0.05, 0.1) is 11.9 Å². The molecule has 0 unspecified atom stereocenters. The van der Waals surface area contributed by atoms with Crippen molar-refractivity contribution in [3.63, 3.8) is 0 Å². The van der Waals surface area contributed by atoms with Crippen molar-refractivity contribution in [2.75, 3.05) is 10.6 Å². The fourth-order valence-electron chi connectivity index (χ4n) is 1.75. The number of nitrogens with zero attached hydrogens (tertiary/aromatic N) is 3. The van der Waals surface area contributed by atoms with Gasteiger partial charge in [0.1, 0.15) is 11.4 Å². The second-order valence-electron chi connectivity index (χ2n) is 4.74. The van der Waals surface area contributed by atoms with Crippen LogP contribution in [0.1, 0.15) is 18.4 Å². The van der Waals surface area contributed by atoms with Crippen LogP contribution >= 0.6 is 0 Å². The standard InChI is InChI=1S/C13H12F3N5/c14-13(15,16)10-7-18-12(20-9-2-1-5-17-6-9)21-11(10)19-8-3-4-8/h1-2,5-8H,3-4H2,(H2,18,19,20,21). The minimum absolute atomic E-state index is 0.0623. The first-order valence-electron chi connectivity index (χ1n) is 6.40. The second kappa shape index (κ2) is 5.19. The maximum atomic E-state index is 12.9. The first kappa shape index (κ1) is 13.6. The summed E-state index contributed by atoms with van der Waals surface area (Å²) in [6.45, 7) is 0. The van der Waals surface area contributed by atoms with E-state index in [1.54, 1.807) is 18.3 Å². The molecule has 21 heavy (non-hydrogen) atoms. The molecule has 2 N–H and O–H groups in total. The van der Waals surface area contributed by atoms with Crippen molar-refractivity contribution in [1.82, 2.24) is 15.0 Å². The fourth-order valence-corrected chi connectivity index (χ4v) is 1.75. The van der Waals surface area contributed by atoms with Crippen molar-refractivity contribution >= 4 is 17.5 Å². The number of alkyl halides is 3. The molecule has 5 nitrogen and oxygen atoms in total. The molecule has 2 heterocycles. The van der Waals surface area contributed by atoms with Crippen LogP contribution < -0.4 is 10.6 Å². The zero-order valence-corrected chi connectivity index (χ0v) is 10.9. The number of anilines is 3. The Labute approximate surface area is 118 Å². The molecule has 2 aromatic rings. The molecule has 1 aliphatic carbocycles. The van der Waals surface area contributed by atoms with Crippen molar-refractivity contribution in [3.8, 4) is 0 Å². The van der Waals surface area contributed by atoms with Crippen LogP contribution in [0.4, 0.5) is 30.6 Å². The number of nitrogens with one attached hydrogen (secondary N) is 2. The third-order valence-corrected chi connectivity index (χ3v) is 2.93. The summed E-state index contributed by atoms with van der Waals surface area (Å²) in [5.41, 5.74) is -0.249. The number of halogens is 3. The molecular formula is C13H12F3N5. The first-order valence-corrected chi connectivity index (χ1v) is 6.40. The van der Waals surface area contributed by atoms with Gasteiger partial charge in [0.2, 0.25) is 5.95 Å². The fraction of sp³-hybridized carbons (Fsp3) is 0.308. The zero-order chi connectivity index (χ0) is 14.9. The van der Waals surface area contributed by atoms with Crippen LogP contribution in [0, 0.1) is 0 Å². The highest BCUT2D eigenvalue weighted by Gasteiger charge is 2.36. The molecule has 0 saturated heterocycles. The molecule has 0 aliphatic heterocycles. The van der Waals surface area contributed by atoms with Crippen LogP contribution in [0.15, 0.2) is 30.7 Å². The van der Waals surface area contributed by atoms with Crippen molar-refractivity contribution in [3.05, 3.63) is 36.3 Å². The van der Waals surface area contributed by atoms with Gasteiger partial charge < -0.3 is 10.6 Å². The quantitative estimate of drug-likeness (QED) is 0.907. The summed E-state index contributed by atoms with van der Waals surface area (Å²) in [6.07, 6.45) is 1.15. The lowest BCUT2D eigenvalue weighted by Gasteiger charge is -2.14. The first-order chi connectivity index (χ1) is 10.0. The molecule has 3 rings (SSSR count). The predicted molar refractivity (Wildman–Crippen MR) is 71.2 cm³/mol. The highest BCUT2D eigenvalue weighted by molar-refractivity contribution is 5.56. The van der Waals surface area contributed by atoms with E-state index >= 15 is 0 Å². The monoisotopic (exact) mass is 295 g/mol. The van der Waals surface area contributed by atoms with E-state index in [2.05, 4.69) is 25.6 Å². The Hall–Kier alpha value is -2.38. The number of aromatic nitrogens is 3. The van der Waals surface area contributed by atoms with E-state index in [1.807, 2.05) is 0 Å². The van der Waals surface area contributed by atoms with Crippen LogP contribution in [-0.2, 0) is 6.18 Å². The highest BCUT2D eigenvalue weighted by Crippen LogP contribution is 2.36. The Kier molecular flexibility index (Phi) is 3.36. The van der Waals surface area contributed by atoms with Gasteiger partial charge >= 0.3 is 6.18 Å². The molecule has 0 atom stereocenters. The summed E-state index contributed by atoms with van der Waals surface area (Å²) in [4.78, 5) is 11.6. The van der Waals surface area contributed by atoms with Gasteiger partial charge in [0.25, 0.3) is 0 Å². The van der Waals surface area contributed by atoms with Crippen molar-refractivity contribution in [2.45, 2.75) is 25.1 Å². The van der Waals surface area contributed by atoms with Crippen LogP contribution in [-0.4, -0.2) is 21.0 Å². The molecule has 0 amide bonds. The Morgan fingerprint density at radius 3 is 2.62 bits per heavy atom. The summed E-state index contributed by atoms with van der Waals surface area (Å²) < 4.78 is 38.8. The minimum Gasteiger partial charge on any atom is -0.367 e. The van der Waals surface area contributed by atoms with Crippen molar-refractivity contribution in [1.29, 1.82) is 0 Å². The number of hydrogen-bond acceptors (Lipinski definition) is 5. The number of hydrogen-bond donors (Lipinski definition) is 2. The Balaban J connectivity index is 1.88. The van der Waals surface area contributed by atoms with Gasteiger partial charge in [0, 0.05) is 18.4 Å². The molecule has 2 aromatic heterocycles. The molecule has 0 spiro atoms. The third kappa shape index (κ3) is 3.39. The summed E-state index contributed by atoms with van der Waals surface area (Å²) in [5.74, 6) is -0.0921. The average molecular weight is 295 g/mol. The van der Waals surface area contributed by atoms with Crippen LogP contribution in [0.3, 0.4) is 0 Å². The number of rotatable bonds is 4. The lowest BCUT2D eigenvalue weighted by Crippen LogP contribution is -2.15. The smallest absolute Gasteiger partial charge is 0.367 e. The van der Waals surface area contributed by atoms with Crippen molar-refractivity contribution in [2.24, 2.45) is 0 Å². The predicted octanol–water partition coefficient (Wildman–Crippen LogP) is 3.21. The molecule has 0 radical (unpaired) electrons. The van der Waals surface area contributed by atoms with E-state index in [-0.39, 0.29) is 17.8 Å². The van der Waals surface area contributed by atoms with E-state index in [0.29, 0.717) is 5.69 Å². The average Bonchev–Trinajstić information content (AvgIpc) is 3.23. The molecular weight excluding hydrogens is 283 g/mol. The summed E-state index contributed by atoms with van der Waals surface area (Å²) in [5, 5.41) is 5.61. The number of pyridine rings is 1. The molecule has 0 aromatic carbocycles. The lowest BCUT2D eigenvalue weighted by molar-refractivity contribution is -0.137. The molecule has 110 valence electrons. The van der Waals surface area contributed by atoms with Gasteiger partial charge in [-0.05, 0) is 25.0 Å². The molecule has 1 aliphatic rings. The van der Waals surface area contributed by atoms with E-state index in [1.165, 1.54) is 6.20 Å². The van der Waals surface area contributed by atoms with Gasteiger partial charge in [-0.3, -0.25) is 4.98 Å². The van der Waals surface area contributed by atoms with Crippen LogP contribution in [0.2, 0.25) is 0 Å². The van der Waals surface area contributed by atoms with E-state index in [0.717, 1.165) is 19.0 Å². The van der Waals surface area contributed by atoms with E-state index in [4.69, 9.17) is 0 Å². The lowest BCUT2D eigenvalue weighted by atomic mass is 10.3. The molecule has 0 bridgehead atoms.